The highest BCUT2D eigenvalue weighted by atomic mass is 32.1. The Morgan fingerprint density at radius 2 is 2.03 bits per heavy atom. The number of carbonyl (C=O) groups excluding carboxylic acids is 1. The summed E-state index contributed by atoms with van der Waals surface area (Å²) in [6.07, 6.45) is 2.87. The summed E-state index contributed by atoms with van der Waals surface area (Å²) in [5.74, 6) is -4.23. The number of nitrogens with zero attached hydrogens (tertiary/aromatic N) is 4. The smallest absolute Gasteiger partial charge is 0.408 e. The predicted molar refractivity (Wildman–Crippen MR) is 136 cm³/mol. The van der Waals surface area contributed by atoms with Crippen molar-refractivity contribution < 1.29 is 37.0 Å². The third-order valence-corrected chi connectivity index (χ3v) is 7.88. The molecule has 0 spiro atoms. The summed E-state index contributed by atoms with van der Waals surface area (Å²) in [5, 5.41) is 16.4. The molecule has 14 heteroatoms. The van der Waals surface area contributed by atoms with E-state index >= 15 is 8.78 Å². The molecule has 0 aliphatic heterocycles. The Bertz CT molecular complexity index is 1370. The molecule has 3 aromatic rings. The van der Waals surface area contributed by atoms with E-state index in [0.717, 1.165) is 27.3 Å². The van der Waals surface area contributed by atoms with Crippen LogP contribution in [0.4, 0.5) is 22.4 Å². The number of fused-ring (bicyclic) bond motifs is 1. The van der Waals surface area contributed by atoms with Gasteiger partial charge >= 0.3 is 12.7 Å². The summed E-state index contributed by atoms with van der Waals surface area (Å²) >= 11 is 1.12. The van der Waals surface area contributed by atoms with Crippen LogP contribution in [0.2, 0.25) is 0 Å². The second-order valence-electron chi connectivity index (χ2n) is 10.3. The number of thiophene rings is 1. The summed E-state index contributed by atoms with van der Waals surface area (Å²) in [4.78, 5) is 31.5. The van der Waals surface area contributed by atoms with Crippen LogP contribution < -0.4 is 10.1 Å². The van der Waals surface area contributed by atoms with Crippen molar-refractivity contribution in [3.63, 3.8) is 0 Å². The molecule has 0 radical (unpaired) electrons. The second-order valence-corrected chi connectivity index (χ2v) is 11.4. The van der Waals surface area contributed by atoms with Crippen LogP contribution in [0.25, 0.3) is 16.8 Å². The Balaban J connectivity index is 1.66. The van der Waals surface area contributed by atoms with E-state index in [1.165, 1.54) is 16.9 Å². The van der Waals surface area contributed by atoms with Gasteiger partial charge in [-0.25, -0.2) is 23.1 Å². The second kappa shape index (κ2) is 10.6. The summed E-state index contributed by atoms with van der Waals surface area (Å²) in [7, 11) is 0. The van der Waals surface area contributed by atoms with Gasteiger partial charge in [0.25, 0.3) is 11.8 Å². The van der Waals surface area contributed by atoms with Crippen LogP contribution in [-0.4, -0.2) is 66.8 Å². The number of alkyl halides is 4. The standard InChI is InChI=1S/C25H29F4N5O4S/c1-5-17-14(15-11-31-33-12-13(38-22(26)27)10-30-20(15)33)9-18(39-17)21(35)32-19-16(7-6-8-25(19,28)29)34(23(36)37)24(2,3)4/h9-12,16,19,22H,5-8H2,1-4H3,(H,32,35)(H,36,37)/t16-,19-/m1/s1. The molecule has 0 aromatic carbocycles. The molecule has 3 aromatic heterocycles. The number of carboxylic acid groups (broad SMARTS) is 1. The van der Waals surface area contributed by atoms with Gasteiger partial charge in [0.2, 0.25) is 0 Å². The number of carbonyl (C=O) groups is 2. The third-order valence-electron chi connectivity index (χ3n) is 6.60. The maximum Gasteiger partial charge on any atom is 0.408 e. The van der Waals surface area contributed by atoms with Crippen LogP contribution >= 0.6 is 11.3 Å². The number of ether oxygens (including phenoxy) is 1. The molecule has 1 fully saturated rings. The van der Waals surface area contributed by atoms with Crippen molar-refractivity contribution in [3.8, 4) is 16.9 Å². The molecule has 9 nitrogen and oxygen atoms in total. The Kier molecular flexibility index (Phi) is 7.79. The molecule has 2 amide bonds. The Morgan fingerprint density at radius 3 is 2.64 bits per heavy atom. The highest BCUT2D eigenvalue weighted by Gasteiger charge is 2.52. The van der Waals surface area contributed by atoms with E-state index in [1.807, 2.05) is 6.92 Å². The van der Waals surface area contributed by atoms with Gasteiger partial charge in [0.1, 0.15) is 6.04 Å². The van der Waals surface area contributed by atoms with Gasteiger partial charge in [-0.15, -0.1) is 11.3 Å². The van der Waals surface area contributed by atoms with Crippen molar-refractivity contribution in [1.82, 2.24) is 24.8 Å². The van der Waals surface area contributed by atoms with E-state index in [-0.39, 0.29) is 23.5 Å². The van der Waals surface area contributed by atoms with Crippen molar-refractivity contribution in [2.24, 2.45) is 0 Å². The van der Waals surface area contributed by atoms with Crippen LogP contribution in [0.3, 0.4) is 0 Å². The lowest BCUT2D eigenvalue weighted by Crippen LogP contribution is -2.66. The number of aryl methyl sites for hydroxylation is 1. The number of amides is 2. The minimum Gasteiger partial charge on any atom is -0.465 e. The number of hydrogen-bond acceptors (Lipinski definition) is 6. The molecular formula is C25H29F4N5O4S. The Morgan fingerprint density at radius 1 is 1.31 bits per heavy atom. The zero-order valence-electron chi connectivity index (χ0n) is 21.8. The van der Waals surface area contributed by atoms with Crippen molar-refractivity contribution in [2.45, 2.75) is 83.5 Å². The number of aromatic nitrogens is 3. The first kappa shape index (κ1) is 28.6. The average Bonchev–Trinajstić information content (AvgIpc) is 3.43. The summed E-state index contributed by atoms with van der Waals surface area (Å²) < 4.78 is 61.1. The normalized spacial score (nSPS) is 19.3. The van der Waals surface area contributed by atoms with Crippen molar-refractivity contribution in [3.05, 3.63) is 34.4 Å². The minimum absolute atomic E-state index is 0.124. The number of rotatable bonds is 7. The van der Waals surface area contributed by atoms with E-state index < -0.39 is 48.6 Å². The van der Waals surface area contributed by atoms with Crippen molar-refractivity contribution >= 4 is 29.0 Å². The zero-order valence-corrected chi connectivity index (χ0v) is 22.6. The highest BCUT2D eigenvalue weighted by Crippen LogP contribution is 2.39. The molecule has 1 aliphatic carbocycles. The molecule has 0 saturated heterocycles. The summed E-state index contributed by atoms with van der Waals surface area (Å²) in [6.45, 7) is 3.71. The zero-order chi connectivity index (χ0) is 28.7. The SMILES string of the molecule is CCc1sc(C(=O)N[C@@H]2[C@H](N(C(=O)O)C(C)(C)C)CCCC2(F)F)cc1-c1cnn2cc(OC(F)F)cnc12. The molecule has 4 rings (SSSR count). The van der Waals surface area contributed by atoms with Gasteiger partial charge in [-0.2, -0.15) is 13.9 Å². The monoisotopic (exact) mass is 571 g/mol. The molecule has 2 atom stereocenters. The first-order valence-electron chi connectivity index (χ1n) is 12.3. The van der Waals surface area contributed by atoms with Gasteiger partial charge in [0.15, 0.2) is 11.4 Å². The van der Waals surface area contributed by atoms with Crippen LogP contribution in [-0.2, 0) is 6.42 Å². The summed E-state index contributed by atoms with van der Waals surface area (Å²) in [5.41, 5.74) is 0.495. The number of nitrogens with one attached hydrogen (secondary N) is 1. The van der Waals surface area contributed by atoms with Crippen molar-refractivity contribution in [2.75, 3.05) is 0 Å². The van der Waals surface area contributed by atoms with Gasteiger partial charge in [-0.3, -0.25) is 9.69 Å². The van der Waals surface area contributed by atoms with Gasteiger partial charge < -0.3 is 15.2 Å². The van der Waals surface area contributed by atoms with Crippen LogP contribution in [0.5, 0.6) is 5.75 Å². The molecular weight excluding hydrogens is 542 g/mol. The first-order valence-corrected chi connectivity index (χ1v) is 13.2. The minimum atomic E-state index is -3.31. The predicted octanol–water partition coefficient (Wildman–Crippen LogP) is 5.69. The van der Waals surface area contributed by atoms with E-state index in [9.17, 15) is 23.5 Å². The number of halogens is 4. The molecule has 39 heavy (non-hydrogen) atoms. The number of hydrogen-bond donors (Lipinski definition) is 2. The maximum absolute atomic E-state index is 15.2. The van der Waals surface area contributed by atoms with E-state index in [2.05, 4.69) is 20.1 Å². The molecule has 0 unspecified atom stereocenters. The fourth-order valence-electron chi connectivity index (χ4n) is 5.01. The fraction of sp³-hybridized carbons (Fsp3) is 0.520. The lowest BCUT2D eigenvalue weighted by atomic mass is 9.84. The van der Waals surface area contributed by atoms with E-state index in [0.29, 0.717) is 23.2 Å². The van der Waals surface area contributed by atoms with E-state index in [4.69, 9.17) is 0 Å². The highest BCUT2D eigenvalue weighted by molar-refractivity contribution is 7.14. The average molecular weight is 572 g/mol. The van der Waals surface area contributed by atoms with Gasteiger partial charge in [-0.05, 0) is 46.1 Å². The molecule has 2 N–H and O–H groups in total. The lowest BCUT2D eigenvalue weighted by molar-refractivity contribution is -0.0973. The van der Waals surface area contributed by atoms with E-state index in [1.54, 1.807) is 26.8 Å². The fourth-order valence-corrected chi connectivity index (χ4v) is 6.03. The molecule has 1 aliphatic rings. The quantitative estimate of drug-likeness (QED) is 0.353. The molecule has 0 bridgehead atoms. The largest absolute Gasteiger partial charge is 0.465 e. The summed E-state index contributed by atoms with van der Waals surface area (Å²) in [6, 6.07) is -1.28. The van der Waals surface area contributed by atoms with Crippen LogP contribution in [0.15, 0.2) is 24.7 Å². The lowest BCUT2D eigenvalue weighted by Gasteiger charge is -2.47. The molecule has 3 heterocycles. The van der Waals surface area contributed by atoms with Crippen LogP contribution in [0.1, 0.15) is 61.5 Å². The van der Waals surface area contributed by atoms with Gasteiger partial charge in [0.05, 0.1) is 29.5 Å². The Labute approximate surface area is 225 Å². The molecule has 1 saturated carbocycles. The van der Waals surface area contributed by atoms with Gasteiger partial charge in [0, 0.05) is 28.0 Å². The maximum atomic E-state index is 15.2. The molecule has 212 valence electrons. The Hall–Kier alpha value is -3.42. The van der Waals surface area contributed by atoms with Crippen LogP contribution in [0, 0.1) is 0 Å². The van der Waals surface area contributed by atoms with Gasteiger partial charge in [-0.1, -0.05) is 6.92 Å². The third kappa shape index (κ3) is 5.80. The van der Waals surface area contributed by atoms with Crippen molar-refractivity contribution in [1.29, 1.82) is 0 Å². The topological polar surface area (TPSA) is 109 Å². The first-order chi connectivity index (χ1) is 18.2.